The Bertz CT molecular complexity index is 464. The lowest BCUT2D eigenvalue weighted by molar-refractivity contribution is -0.141. The van der Waals surface area contributed by atoms with Crippen molar-refractivity contribution in [1.29, 1.82) is 5.26 Å². The zero-order valence-corrected chi connectivity index (χ0v) is 8.78. The van der Waals surface area contributed by atoms with Gasteiger partial charge in [0.1, 0.15) is 5.15 Å². The van der Waals surface area contributed by atoms with Crippen LogP contribution >= 0.6 is 11.6 Å². The topological polar surface area (TPSA) is 36.7 Å². The van der Waals surface area contributed by atoms with Crippen LogP contribution in [0.1, 0.15) is 23.2 Å². The molecular weight excluding hydrogens is 267 g/mol. The standard InChI is InChI=1S/C9H4ClF5N2/c10-6-3-5(8(11)12)4(1-2-16)7(17-6)9(13,14)15/h3,8H,1H2. The number of aromatic nitrogens is 1. The molecule has 0 aromatic carbocycles. The molecule has 8 heteroatoms. The number of hydrogen-bond acceptors (Lipinski definition) is 2. The molecule has 0 aliphatic heterocycles. The number of nitriles is 1. The molecule has 0 N–H and O–H groups in total. The summed E-state index contributed by atoms with van der Waals surface area (Å²) >= 11 is 5.24. The highest BCUT2D eigenvalue weighted by molar-refractivity contribution is 6.29. The van der Waals surface area contributed by atoms with Gasteiger partial charge < -0.3 is 0 Å². The average molecular weight is 271 g/mol. The highest BCUT2D eigenvalue weighted by Crippen LogP contribution is 2.36. The molecule has 0 spiro atoms. The maximum atomic E-state index is 12.5. The van der Waals surface area contributed by atoms with Crippen LogP contribution < -0.4 is 0 Å². The highest BCUT2D eigenvalue weighted by atomic mass is 35.5. The van der Waals surface area contributed by atoms with Crippen molar-refractivity contribution in [3.8, 4) is 6.07 Å². The van der Waals surface area contributed by atoms with Crippen LogP contribution in [0.3, 0.4) is 0 Å². The lowest BCUT2D eigenvalue weighted by atomic mass is 10.0. The number of nitrogens with zero attached hydrogens (tertiary/aromatic N) is 2. The van der Waals surface area contributed by atoms with Crippen LogP contribution in [-0.2, 0) is 12.6 Å². The first-order chi connectivity index (χ1) is 7.77. The molecule has 0 bridgehead atoms. The molecule has 1 heterocycles. The third kappa shape index (κ3) is 3.03. The Balaban J connectivity index is 3.53. The maximum Gasteiger partial charge on any atom is 0.433 e. The van der Waals surface area contributed by atoms with Crippen LogP contribution in [0.5, 0.6) is 0 Å². The summed E-state index contributed by atoms with van der Waals surface area (Å²) in [5, 5.41) is 7.68. The fourth-order valence-corrected chi connectivity index (χ4v) is 1.45. The predicted octanol–water partition coefficient (Wildman–Crippen LogP) is 3.76. The largest absolute Gasteiger partial charge is 0.433 e. The van der Waals surface area contributed by atoms with E-state index in [-0.39, 0.29) is 0 Å². The zero-order chi connectivity index (χ0) is 13.2. The van der Waals surface area contributed by atoms with Gasteiger partial charge in [0.2, 0.25) is 0 Å². The second kappa shape index (κ2) is 4.84. The summed E-state index contributed by atoms with van der Waals surface area (Å²) in [5.74, 6) is 0. The third-order valence-corrected chi connectivity index (χ3v) is 2.08. The average Bonchev–Trinajstić information content (AvgIpc) is 2.18. The molecule has 0 aliphatic rings. The van der Waals surface area contributed by atoms with Gasteiger partial charge in [-0.15, -0.1) is 0 Å². The summed E-state index contributed by atoms with van der Waals surface area (Å²) in [6.45, 7) is 0. The summed E-state index contributed by atoms with van der Waals surface area (Å²) in [7, 11) is 0. The SMILES string of the molecule is N#CCc1c(C(F)F)cc(Cl)nc1C(F)(F)F. The van der Waals surface area contributed by atoms with Crippen LogP contribution in [0.4, 0.5) is 22.0 Å². The van der Waals surface area contributed by atoms with E-state index in [1.807, 2.05) is 0 Å². The fraction of sp³-hybridized carbons (Fsp3) is 0.333. The fourth-order valence-electron chi connectivity index (χ4n) is 1.25. The number of alkyl halides is 5. The van der Waals surface area contributed by atoms with Crippen molar-refractivity contribution >= 4 is 11.6 Å². The normalized spacial score (nSPS) is 11.6. The molecule has 2 nitrogen and oxygen atoms in total. The number of pyridine rings is 1. The summed E-state index contributed by atoms with van der Waals surface area (Å²) in [6, 6.07) is 2.03. The van der Waals surface area contributed by atoms with Crippen molar-refractivity contribution in [2.45, 2.75) is 19.0 Å². The maximum absolute atomic E-state index is 12.5. The molecule has 0 radical (unpaired) electrons. The van der Waals surface area contributed by atoms with Crippen molar-refractivity contribution in [1.82, 2.24) is 4.98 Å². The molecule has 0 saturated heterocycles. The van der Waals surface area contributed by atoms with Crippen molar-refractivity contribution in [3.63, 3.8) is 0 Å². The van der Waals surface area contributed by atoms with Gasteiger partial charge in [-0.3, -0.25) is 0 Å². The molecule has 17 heavy (non-hydrogen) atoms. The molecule has 1 rings (SSSR count). The second-order valence-electron chi connectivity index (χ2n) is 2.99. The van der Waals surface area contributed by atoms with E-state index < -0.39 is 41.0 Å². The van der Waals surface area contributed by atoms with Gasteiger partial charge in [0.25, 0.3) is 6.43 Å². The van der Waals surface area contributed by atoms with Crippen LogP contribution in [0, 0.1) is 11.3 Å². The van der Waals surface area contributed by atoms with Crippen molar-refractivity contribution < 1.29 is 22.0 Å². The minimum Gasteiger partial charge on any atom is -0.231 e. The molecule has 0 atom stereocenters. The van der Waals surface area contributed by atoms with E-state index in [1.54, 1.807) is 0 Å². The molecule has 0 saturated carbocycles. The first kappa shape index (κ1) is 13.6. The third-order valence-electron chi connectivity index (χ3n) is 1.89. The number of rotatable bonds is 2. The molecule has 1 aromatic rings. The summed E-state index contributed by atoms with van der Waals surface area (Å²) < 4.78 is 62.6. The van der Waals surface area contributed by atoms with Gasteiger partial charge in [-0.2, -0.15) is 18.4 Å². The number of hydrogen-bond donors (Lipinski definition) is 0. The Morgan fingerprint density at radius 3 is 2.41 bits per heavy atom. The monoisotopic (exact) mass is 270 g/mol. The van der Waals surface area contributed by atoms with Gasteiger partial charge >= 0.3 is 6.18 Å². The first-order valence-electron chi connectivity index (χ1n) is 4.19. The van der Waals surface area contributed by atoms with Crippen molar-refractivity contribution in [2.24, 2.45) is 0 Å². The lowest BCUT2D eigenvalue weighted by Crippen LogP contribution is -2.14. The Labute approximate surface area is 97.6 Å². The quantitative estimate of drug-likeness (QED) is 0.606. The van der Waals surface area contributed by atoms with Crippen LogP contribution in [-0.4, -0.2) is 4.98 Å². The Morgan fingerprint density at radius 2 is 2.00 bits per heavy atom. The smallest absolute Gasteiger partial charge is 0.231 e. The first-order valence-corrected chi connectivity index (χ1v) is 4.56. The Morgan fingerprint density at radius 1 is 1.41 bits per heavy atom. The molecular formula is C9H4ClF5N2. The molecule has 92 valence electrons. The van der Waals surface area contributed by atoms with Gasteiger partial charge in [-0.05, 0) is 6.07 Å². The van der Waals surface area contributed by atoms with Gasteiger partial charge in [0.05, 0.1) is 12.5 Å². The van der Waals surface area contributed by atoms with E-state index in [0.717, 1.165) is 0 Å². The Hall–Kier alpha value is -1.42. The van der Waals surface area contributed by atoms with Gasteiger partial charge in [-0.1, -0.05) is 11.6 Å². The lowest BCUT2D eigenvalue weighted by Gasteiger charge is -2.14. The summed E-state index contributed by atoms with van der Waals surface area (Å²) in [4.78, 5) is 2.96. The summed E-state index contributed by atoms with van der Waals surface area (Å²) in [6.07, 6.45) is -8.89. The highest BCUT2D eigenvalue weighted by Gasteiger charge is 2.37. The number of halogens is 6. The van der Waals surface area contributed by atoms with E-state index >= 15 is 0 Å². The van der Waals surface area contributed by atoms with Gasteiger partial charge in [0, 0.05) is 11.1 Å². The van der Waals surface area contributed by atoms with E-state index in [2.05, 4.69) is 4.98 Å². The molecule has 0 fully saturated rings. The van der Waals surface area contributed by atoms with E-state index in [0.29, 0.717) is 6.07 Å². The molecule has 1 aromatic heterocycles. The van der Waals surface area contributed by atoms with E-state index in [9.17, 15) is 22.0 Å². The zero-order valence-electron chi connectivity index (χ0n) is 8.02. The molecule has 0 unspecified atom stereocenters. The van der Waals surface area contributed by atoms with E-state index in [1.165, 1.54) is 6.07 Å². The second-order valence-corrected chi connectivity index (χ2v) is 3.38. The minimum atomic E-state index is -4.93. The molecule has 0 amide bonds. The van der Waals surface area contributed by atoms with Crippen LogP contribution in [0.25, 0.3) is 0 Å². The van der Waals surface area contributed by atoms with Crippen LogP contribution in [0.15, 0.2) is 6.07 Å². The van der Waals surface area contributed by atoms with Crippen molar-refractivity contribution in [3.05, 3.63) is 28.0 Å². The summed E-state index contributed by atoms with van der Waals surface area (Å²) in [5.41, 5.74) is -3.29. The van der Waals surface area contributed by atoms with Gasteiger partial charge in [0.15, 0.2) is 5.69 Å². The van der Waals surface area contributed by atoms with Gasteiger partial charge in [-0.25, -0.2) is 13.8 Å². The van der Waals surface area contributed by atoms with E-state index in [4.69, 9.17) is 16.9 Å². The van der Waals surface area contributed by atoms with Crippen molar-refractivity contribution in [2.75, 3.05) is 0 Å². The molecule has 0 aliphatic carbocycles. The Kier molecular flexibility index (Phi) is 3.88. The van der Waals surface area contributed by atoms with Crippen LogP contribution in [0.2, 0.25) is 5.15 Å². The minimum absolute atomic E-state index is 0.633. The predicted molar refractivity (Wildman–Crippen MR) is 48.5 cm³/mol.